The van der Waals surface area contributed by atoms with E-state index < -0.39 is 9.84 Å². The summed E-state index contributed by atoms with van der Waals surface area (Å²) in [5.74, 6) is -0.668. The average molecular weight is 368 g/mol. The number of hydrogen-bond acceptors (Lipinski definition) is 3. The number of sulfone groups is 1. The molecule has 3 rings (SSSR count). The van der Waals surface area contributed by atoms with E-state index in [1.807, 2.05) is 0 Å². The Hall–Kier alpha value is -1.92. The van der Waals surface area contributed by atoms with Gasteiger partial charge in [0.05, 0.1) is 9.92 Å². The third-order valence-electron chi connectivity index (χ3n) is 3.98. The lowest BCUT2D eigenvalue weighted by atomic mass is 10.0. The first-order valence-electron chi connectivity index (χ1n) is 7.37. The van der Waals surface area contributed by atoms with E-state index in [-0.39, 0.29) is 27.2 Å². The third kappa shape index (κ3) is 3.16. The fourth-order valence-electron chi connectivity index (χ4n) is 2.85. The summed E-state index contributed by atoms with van der Waals surface area (Å²) in [5, 5.41) is 0.0789. The van der Waals surface area contributed by atoms with Crippen LogP contribution in [0.5, 0.6) is 0 Å². The molecule has 1 heterocycles. The van der Waals surface area contributed by atoms with Gasteiger partial charge in [-0.25, -0.2) is 12.8 Å². The molecule has 0 aliphatic carbocycles. The molecule has 0 atom stereocenters. The highest BCUT2D eigenvalue weighted by Crippen LogP contribution is 2.30. The summed E-state index contributed by atoms with van der Waals surface area (Å²) >= 11 is 5.92. The average Bonchev–Trinajstić information content (AvgIpc) is 2.52. The van der Waals surface area contributed by atoms with Gasteiger partial charge in [-0.2, -0.15) is 0 Å². The highest BCUT2D eigenvalue weighted by Gasteiger charge is 2.25. The molecular weight excluding hydrogens is 353 g/mol. The van der Waals surface area contributed by atoms with E-state index in [1.54, 1.807) is 11.0 Å². The molecular formula is C17H15ClFNO3S. The lowest BCUT2D eigenvalue weighted by Crippen LogP contribution is -2.35. The molecule has 7 heteroatoms. The van der Waals surface area contributed by atoms with Crippen molar-refractivity contribution in [1.82, 2.24) is 0 Å². The molecule has 0 fully saturated rings. The van der Waals surface area contributed by atoms with Crippen molar-refractivity contribution in [2.24, 2.45) is 0 Å². The molecule has 0 radical (unpaired) electrons. The van der Waals surface area contributed by atoms with Crippen molar-refractivity contribution in [1.29, 1.82) is 0 Å². The molecule has 0 unspecified atom stereocenters. The van der Waals surface area contributed by atoms with Gasteiger partial charge >= 0.3 is 0 Å². The molecule has 24 heavy (non-hydrogen) atoms. The van der Waals surface area contributed by atoms with E-state index in [2.05, 4.69) is 0 Å². The van der Waals surface area contributed by atoms with E-state index in [0.717, 1.165) is 11.8 Å². The van der Waals surface area contributed by atoms with Gasteiger partial charge in [-0.1, -0.05) is 11.6 Å². The second-order valence-corrected chi connectivity index (χ2v) is 8.14. The van der Waals surface area contributed by atoms with E-state index in [0.29, 0.717) is 25.1 Å². The number of halogens is 2. The predicted octanol–water partition coefficient (Wildman–Crippen LogP) is 3.48. The zero-order valence-corrected chi connectivity index (χ0v) is 14.5. The molecule has 4 nitrogen and oxygen atoms in total. The summed E-state index contributed by atoms with van der Waals surface area (Å²) in [5.41, 5.74) is 1.66. The second-order valence-electron chi connectivity index (χ2n) is 5.75. The highest BCUT2D eigenvalue weighted by molar-refractivity contribution is 7.90. The van der Waals surface area contributed by atoms with Gasteiger partial charge in [0.25, 0.3) is 5.91 Å². The Bertz CT molecular complexity index is 927. The first-order valence-corrected chi connectivity index (χ1v) is 9.64. The fraction of sp³-hybridized carbons (Fsp3) is 0.235. The molecule has 1 aliphatic heterocycles. The van der Waals surface area contributed by atoms with Crippen LogP contribution in [0.25, 0.3) is 0 Å². The zero-order chi connectivity index (χ0) is 17.5. The maximum Gasteiger partial charge on any atom is 0.258 e. The van der Waals surface area contributed by atoms with E-state index >= 15 is 0 Å². The quantitative estimate of drug-likeness (QED) is 0.816. The number of fused-ring (bicyclic) bond motifs is 1. The topological polar surface area (TPSA) is 54.5 Å². The number of carbonyl (C=O) groups is 1. The van der Waals surface area contributed by atoms with Gasteiger partial charge in [0.15, 0.2) is 9.84 Å². The molecule has 2 aromatic rings. The standard InChI is InChI=1S/C17H15ClFNO3S/c1-24(22,23)16-10-12(4-6-14(16)18)17(21)20-8-2-3-11-9-13(19)5-7-15(11)20/h4-7,9-10H,2-3,8H2,1H3. The van der Waals surface area contributed by atoms with E-state index in [1.165, 1.54) is 30.3 Å². The summed E-state index contributed by atoms with van der Waals surface area (Å²) in [4.78, 5) is 14.3. The Balaban J connectivity index is 2.03. The molecule has 0 N–H and O–H groups in total. The lowest BCUT2D eigenvalue weighted by molar-refractivity contribution is 0.0985. The van der Waals surface area contributed by atoms with Crippen LogP contribution >= 0.6 is 11.6 Å². The van der Waals surface area contributed by atoms with Crippen LogP contribution in [0.4, 0.5) is 10.1 Å². The molecule has 2 aromatic carbocycles. The van der Waals surface area contributed by atoms with Crippen LogP contribution in [0.1, 0.15) is 22.3 Å². The van der Waals surface area contributed by atoms with Crippen molar-refractivity contribution in [3.8, 4) is 0 Å². The van der Waals surface area contributed by atoms with Gasteiger partial charge in [-0.15, -0.1) is 0 Å². The number of benzene rings is 2. The van der Waals surface area contributed by atoms with E-state index in [9.17, 15) is 17.6 Å². The molecule has 1 amide bonds. The molecule has 0 spiro atoms. The lowest BCUT2D eigenvalue weighted by Gasteiger charge is -2.29. The van der Waals surface area contributed by atoms with Gasteiger partial charge in [0, 0.05) is 24.1 Å². The van der Waals surface area contributed by atoms with Gasteiger partial charge in [-0.05, 0) is 54.8 Å². The Morgan fingerprint density at radius 2 is 1.96 bits per heavy atom. The zero-order valence-electron chi connectivity index (χ0n) is 12.9. The first-order chi connectivity index (χ1) is 11.3. The summed E-state index contributed by atoms with van der Waals surface area (Å²) in [6, 6.07) is 8.51. The number of aryl methyl sites for hydroxylation is 1. The predicted molar refractivity (Wildman–Crippen MR) is 91.0 cm³/mol. The van der Waals surface area contributed by atoms with Gasteiger partial charge < -0.3 is 4.90 Å². The first kappa shape index (κ1) is 16.9. The monoisotopic (exact) mass is 367 g/mol. The number of nitrogens with zero attached hydrogens (tertiary/aromatic N) is 1. The van der Waals surface area contributed by atoms with Crippen molar-refractivity contribution in [2.45, 2.75) is 17.7 Å². The van der Waals surface area contributed by atoms with Crippen LogP contribution in [0.3, 0.4) is 0 Å². The van der Waals surface area contributed by atoms with E-state index in [4.69, 9.17) is 11.6 Å². The van der Waals surface area contributed by atoms with Gasteiger partial charge in [-0.3, -0.25) is 4.79 Å². The molecule has 0 saturated heterocycles. The Labute approximate surface area is 144 Å². The van der Waals surface area contributed by atoms with Crippen LogP contribution in [-0.4, -0.2) is 27.1 Å². The normalized spacial score (nSPS) is 14.4. The van der Waals surface area contributed by atoms with Crippen LogP contribution < -0.4 is 4.90 Å². The maximum atomic E-state index is 13.4. The van der Waals surface area contributed by atoms with Crippen molar-refractivity contribution < 1.29 is 17.6 Å². The number of hydrogen-bond donors (Lipinski definition) is 0. The maximum absolute atomic E-state index is 13.4. The minimum absolute atomic E-state index is 0.0774. The van der Waals surface area contributed by atoms with Crippen molar-refractivity contribution in [2.75, 3.05) is 17.7 Å². The number of anilines is 1. The van der Waals surface area contributed by atoms with Gasteiger partial charge in [0.1, 0.15) is 5.82 Å². The second kappa shape index (κ2) is 6.18. The van der Waals surface area contributed by atoms with Gasteiger partial charge in [0.2, 0.25) is 0 Å². The van der Waals surface area contributed by atoms with Crippen LogP contribution in [0, 0.1) is 5.82 Å². The van der Waals surface area contributed by atoms with Crippen LogP contribution in [0.2, 0.25) is 5.02 Å². The minimum atomic E-state index is -3.54. The summed E-state index contributed by atoms with van der Waals surface area (Å²) < 4.78 is 37.0. The molecule has 0 saturated carbocycles. The molecule has 126 valence electrons. The largest absolute Gasteiger partial charge is 0.308 e. The number of amides is 1. The molecule has 1 aliphatic rings. The Morgan fingerprint density at radius 1 is 1.21 bits per heavy atom. The van der Waals surface area contributed by atoms with Crippen molar-refractivity contribution in [3.63, 3.8) is 0 Å². The fourth-order valence-corrected chi connectivity index (χ4v) is 4.15. The number of carbonyl (C=O) groups excluding carboxylic acids is 1. The van der Waals surface area contributed by atoms with Crippen LogP contribution in [0.15, 0.2) is 41.3 Å². The smallest absolute Gasteiger partial charge is 0.258 e. The number of rotatable bonds is 2. The minimum Gasteiger partial charge on any atom is -0.308 e. The van der Waals surface area contributed by atoms with Crippen molar-refractivity contribution >= 4 is 33.0 Å². The molecule has 0 aromatic heterocycles. The highest BCUT2D eigenvalue weighted by atomic mass is 35.5. The van der Waals surface area contributed by atoms with Crippen molar-refractivity contribution in [3.05, 3.63) is 58.4 Å². The SMILES string of the molecule is CS(=O)(=O)c1cc(C(=O)N2CCCc3cc(F)ccc32)ccc1Cl. The van der Waals surface area contributed by atoms with Crippen LogP contribution in [-0.2, 0) is 16.3 Å². The third-order valence-corrected chi connectivity index (χ3v) is 5.56. The molecule has 0 bridgehead atoms. The Morgan fingerprint density at radius 3 is 2.67 bits per heavy atom. The summed E-state index contributed by atoms with van der Waals surface area (Å²) in [6.07, 6.45) is 2.46. The summed E-state index contributed by atoms with van der Waals surface area (Å²) in [7, 11) is -3.54. The Kier molecular flexibility index (Phi) is 4.36. The summed E-state index contributed by atoms with van der Waals surface area (Å²) in [6.45, 7) is 0.494.